The second-order valence-corrected chi connectivity index (χ2v) is 7.12. The Kier molecular flexibility index (Phi) is 3.98. The molecule has 0 bridgehead atoms. The molecule has 7 heteroatoms. The molecule has 19 heavy (non-hydrogen) atoms. The Labute approximate surface area is 121 Å². The minimum atomic E-state index is -3.68. The fraction of sp³-hybridized carbons (Fsp3) is 0.417. The topological polar surface area (TPSA) is 66.5 Å². The Bertz CT molecular complexity index is 615. The summed E-state index contributed by atoms with van der Waals surface area (Å²) in [5.41, 5.74) is 0.633. The molecule has 1 amide bonds. The van der Waals surface area contributed by atoms with Crippen LogP contribution in [-0.2, 0) is 14.8 Å². The number of carbonyl (C=O) groups excluding carboxylic acids is 1. The van der Waals surface area contributed by atoms with Crippen LogP contribution < -0.4 is 4.72 Å². The molecule has 1 aromatic rings. The van der Waals surface area contributed by atoms with E-state index in [0.29, 0.717) is 18.5 Å². The van der Waals surface area contributed by atoms with Gasteiger partial charge in [-0.15, -0.1) is 0 Å². The second-order valence-electron chi connectivity index (χ2n) is 4.59. The normalized spacial score (nSPS) is 20.1. The molecule has 0 aromatic heterocycles. The van der Waals surface area contributed by atoms with Crippen LogP contribution in [0.15, 0.2) is 27.6 Å². The lowest BCUT2D eigenvalue weighted by atomic mass is 10.2. The SMILES string of the molecule is Cc1c(Br)cccc1S(=O)(=O)NC1CCN(C)C1=O. The highest BCUT2D eigenvalue weighted by Gasteiger charge is 2.33. The maximum absolute atomic E-state index is 12.3. The number of sulfonamides is 1. The number of hydrogen-bond acceptors (Lipinski definition) is 3. The fourth-order valence-corrected chi connectivity index (χ4v) is 4.05. The highest BCUT2D eigenvalue weighted by molar-refractivity contribution is 9.10. The number of amides is 1. The summed E-state index contributed by atoms with van der Waals surface area (Å²) < 4.78 is 27.8. The van der Waals surface area contributed by atoms with Gasteiger partial charge in [0.2, 0.25) is 15.9 Å². The molecule has 5 nitrogen and oxygen atoms in total. The molecule has 1 aliphatic rings. The number of nitrogens with zero attached hydrogens (tertiary/aromatic N) is 1. The monoisotopic (exact) mass is 346 g/mol. The average molecular weight is 347 g/mol. The van der Waals surface area contributed by atoms with Crippen LogP contribution >= 0.6 is 15.9 Å². The lowest BCUT2D eigenvalue weighted by molar-refractivity contribution is -0.127. The summed E-state index contributed by atoms with van der Waals surface area (Å²) in [6.45, 7) is 2.30. The first kappa shape index (κ1) is 14.5. The van der Waals surface area contributed by atoms with Crippen molar-refractivity contribution in [2.45, 2.75) is 24.3 Å². The fourth-order valence-electron chi connectivity index (χ4n) is 2.06. The van der Waals surface area contributed by atoms with Gasteiger partial charge in [0.15, 0.2) is 0 Å². The molecule has 1 N–H and O–H groups in total. The molecule has 1 aromatic carbocycles. The maximum atomic E-state index is 12.3. The Hall–Kier alpha value is -0.920. The van der Waals surface area contributed by atoms with E-state index in [1.165, 1.54) is 11.0 Å². The number of halogens is 1. The van der Waals surface area contributed by atoms with Gasteiger partial charge in [0.05, 0.1) is 4.90 Å². The van der Waals surface area contributed by atoms with Crippen molar-refractivity contribution in [3.8, 4) is 0 Å². The van der Waals surface area contributed by atoms with Gasteiger partial charge in [-0.2, -0.15) is 4.72 Å². The third kappa shape index (κ3) is 2.82. The number of likely N-dealkylation sites (tertiary alicyclic amines) is 1. The van der Waals surface area contributed by atoms with Gasteiger partial charge in [0.1, 0.15) is 6.04 Å². The molecule has 1 heterocycles. The largest absolute Gasteiger partial charge is 0.344 e. The van der Waals surface area contributed by atoms with Gasteiger partial charge in [0, 0.05) is 18.1 Å². The standard InChI is InChI=1S/C12H15BrN2O3S/c1-8-9(13)4-3-5-11(8)19(17,18)14-10-6-7-15(2)12(10)16/h3-5,10,14H,6-7H2,1-2H3. The Balaban J connectivity index is 2.29. The van der Waals surface area contributed by atoms with E-state index in [0.717, 1.165) is 4.47 Å². The van der Waals surface area contributed by atoms with Gasteiger partial charge >= 0.3 is 0 Å². The molecule has 2 rings (SSSR count). The molecular formula is C12H15BrN2O3S. The van der Waals surface area contributed by atoms with Crippen molar-refractivity contribution < 1.29 is 13.2 Å². The van der Waals surface area contributed by atoms with Crippen LogP contribution in [0.25, 0.3) is 0 Å². The van der Waals surface area contributed by atoms with Crippen LogP contribution in [0.3, 0.4) is 0 Å². The first-order valence-electron chi connectivity index (χ1n) is 5.85. The number of likely N-dealkylation sites (N-methyl/N-ethyl adjacent to an activating group) is 1. The number of nitrogens with one attached hydrogen (secondary N) is 1. The number of rotatable bonds is 3. The van der Waals surface area contributed by atoms with Gasteiger partial charge in [-0.05, 0) is 31.0 Å². The zero-order valence-electron chi connectivity index (χ0n) is 10.7. The first-order chi connectivity index (χ1) is 8.83. The molecule has 0 saturated carbocycles. The second kappa shape index (κ2) is 5.22. The van der Waals surface area contributed by atoms with Gasteiger partial charge < -0.3 is 4.90 Å². The van der Waals surface area contributed by atoms with Gasteiger partial charge in [-0.3, -0.25) is 4.79 Å². The molecule has 1 fully saturated rings. The quantitative estimate of drug-likeness (QED) is 0.896. The third-order valence-corrected chi connectivity index (χ3v) is 5.71. The van der Waals surface area contributed by atoms with Crippen molar-refractivity contribution in [1.29, 1.82) is 0 Å². The highest BCUT2D eigenvalue weighted by Crippen LogP contribution is 2.24. The van der Waals surface area contributed by atoms with Crippen molar-refractivity contribution in [1.82, 2.24) is 9.62 Å². The number of benzene rings is 1. The molecule has 1 atom stereocenters. The minimum absolute atomic E-state index is 0.184. The summed E-state index contributed by atoms with van der Waals surface area (Å²) in [6, 6.07) is 4.32. The van der Waals surface area contributed by atoms with Gasteiger partial charge in [-0.25, -0.2) is 8.42 Å². The molecule has 1 unspecified atom stereocenters. The summed E-state index contributed by atoms with van der Waals surface area (Å²) in [6.07, 6.45) is 0.502. The summed E-state index contributed by atoms with van der Waals surface area (Å²) in [5.74, 6) is -0.184. The van der Waals surface area contributed by atoms with E-state index >= 15 is 0 Å². The van der Waals surface area contributed by atoms with Crippen molar-refractivity contribution in [2.24, 2.45) is 0 Å². The van der Waals surface area contributed by atoms with E-state index in [2.05, 4.69) is 20.7 Å². The average Bonchev–Trinajstić information content (AvgIpc) is 2.64. The predicted octanol–water partition coefficient (Wildman–Crippen LogP) is 1.27. The van der Waals surface area contributed by atoms with E-state index in [4.69, 9.17) is 0 Å². The zero-order valence-corrected chi connectivity index (χ0v) is 13.1. The van der Waals surface area contributed by atoms with Crippen LogP contribution in [0.4, 0.5) is 0 Å². The lowest BCUT2D eigenvalue weighted by Gasteiger charge is -2.14. The van der Waals surface area contributed by atoms with Crippen molar-refractivity contribution in [2.75, 3.05) is 13.6 Å². The van der Waals surface area contributed by atoms with Crippen LogP contribution in [0, 0.1) is 6.92 Å². The van der Waals surface area contributed by atoms with Crippen molar-refractivity contribution >= 4 is 31.9 Å². The predicted molar refractivity (Wildman–Crippen MR) is 75.2 cm³/mol. The van der Waals surface area contributed by atoms with Gasteiger partial charge in [0.25, 0.3) is 0 Å². The number of carbonyl (C=O) groups is 1. The molecular weight excluding hydrogens is 332 g/mol. The summed E-state index contributed by atoms with van der Waals surface area (Å²) >= 11 is 3.31. The van der Waals surface area contributed by atoms with Gasteiger partial charge in [-0.1, -0.05) is 22.0 Å². The van der Waals surface area contributed by atoms with Crippen LogP contribution in [0.2, 0.25) is 0 Å². The van der Waals surface area contributed by atoms with Crippen LogP contribution in [0.1, 0.15) is 12.0 Å². The molecule has 0 aliphatic carbocycles. The molecule has 104 valence electrons. The molecule has 0 spiro atoms. The van der Waals surface area contributed by atoms with E-state index in [-0.39, 0.29) is 10.8 Å². The Morgan fingerprint density at radius 2 is 2.11 bits per heavy atom. The number of hydrogen-bond donors (Lipinski definition) is 1. The van der Waals surface area contributed by atoms with Crippen molar-refractivity contribution in [3.63, 3.8) is 0 Å². The van der Waals surface area contributed by atoms with E-state index < -0.39 is 16.1 Å². The van der Waals surface area contributed by atoms with Crippen molar-refractivity contribution in [3.05, 3.63) is 28.2 Å². The Morgan fingerprint density at radius 3 is 2.68 bits per heavy atom. The summed E-state index contributed by atoms with van der Waals surface area (Å²) in [7, 11) is -2.01. The smallest absolute Gasteiger partial charge is 0.241 e. The van der Waals surface area contributed by atoms with Crippen LogP contribution in [-0.4, -0.2) is 38.9 Å². The van der Waals surface area contributed by atoms with E-state index in [9.17, 15) is 13.2 Å². The molecule has 1 aliphatic heterocycles. The third-order valence-electron chi connectivity index (χ3n) is 3.23. The van der Waals surface area contributed by atoms with Crippen LogP contribution in [0.5, 0.6) is 0 Å². The molecule has 0 radical (unpaired) electrons. The summed E-state index contributed by atoms with van der Waals surface area (Å²) in [4.78, 5) is 13.5. The lowest BCUT2D eigenvalue weighted by Crippen LogP contribution is -2.40. The zero-order chi connectivity index (χ0) is 14.2. The van der Waals surface area contributed by atoms with E-state index in [1.54, 1.807) is 26.1 Å². The maximum Gasteiger partial charge on any atom is 0.241 e. The Morgan fingerprint density at radius 1 is 1.42 bits per heavy atom. The summed E-state index contributed by atoms with van der Waals surface area (Å²) in [5, 5.41) is 0. The van der Waals surface area contributed by atoms with E-state index in [1.807, 2.05) is 0 Å². The minimum Gasteiger partial charge on any atom is -0.344 e. The highest BCUT2D eigenvalue weighted by atomic mass is 79.9. The first-order valence-corrected chi connectivity index (χ1v) is 8.13. The molecule has 1 saturated heterocycles.